The highest BCUT2D eigenvalue weighted by Gasteiger charge is 2.26. The summed E-state index contributed by atoms with van der Waals surface area (Å²) in [6, 6.07) is 79.7. The summed E-state index contributed by atoms with van der Waals surface area (Å²) in [4.78, 5) is 0. The normalized spacial score (nSPS) is 12.1. The Hall–Kier alpha value is -7.62. The predicted molar refractivity (Wildman–Crippen MR) is 286 cm³/mol. The van der Waals surface area contributed by atoms with E-state index in [1.54, 1.807) is 0 Å². The van der Waals surface area contributed by atoms with Crippen LogP contribution in [0.15, 0.2) is 212 Å². The van der Waals surface area contributed by atoms with E-state index in [4.69, 9.17) is 0 Å². The summed E-state index contributed by atoms with van der Waals surface area (Å²) in [5, 5.41) is 18.1. The van der Waals surface area contributed by atoms with Crippen LogP contribution in [0.25, 0.3) is 139 Å². The fourth-order valence-electron chi connectivity index (χ4n) is 11.2. The van der Waals surface area contributed by atoms with Crippen molar-refractivity contribution in [3.8, 4) is 44.5 Å². The molecule has 0 aliphatic rings. The Morgan fingerprint density at radius 1 is 0.277 bits per heavy atom. The molecule has 2 heterocycles. The van der Waals surface area contributed by atoms with Crippen LogP contribution < -0.4 is 0 Å². The van der Waals surface area contributed by atoms with Crippen molar-refractivity contribution < 1.29 is 0 Å². The molecule has 0 saturated heterocycles. The Balaban J connectivity index is 1.19. The third-order valence-corrected chi connectivity index (χ3v) is 16.3. The van der Waals surface area contributed by atoms with Crippen molar-refractivity contribution in [1.82, 2.24) is 0 Å². The molecule has 0 bridgehead atoms. The molecule has 2 heteroatoms. The van der Waals surface area contributed by atoms with Gasteiger partial charge in [-0.25, -0.2) is 0 Å². The van der Waals surface area contributed by atoms with Gasteiger partial charge in [0.25, 0.3) is 0 Å². The van der Waals surface area contributed by atoms with Crippen molar-refractivity contribution in [3.05, 3.63) is 218 Å². The van der Waals surface area contributed by atoms with Gasteiger partial charge < -0.3 is 0 Å². The highest BCUT2D eigenvalue weighted by Crippen LogP contribution is 2.55. The fraction of sp³-hybridized carbons (Fsp3) is 0.0159. The maximum Gasteiger partial charge on any atom is 0.0440 e. The van der Waals surface area contributed by atoms with E-state index in [0.717, 1.165) is 0 Å². The zero-order valence-electron chi connectivity index (χ0n) is 35.5. The molecular weight excluding hydrogens is 821 g/mol. The van der Waals surface area contributed by atoms with E-state index >= 15 is 0 Å². The lowest BCUT2D eigenvalue weighted by Crippen LogP contribution is -1.93. The van der Waals surface area contributed by atoms with Gasteiger partial charge in [0.1, 0.15) is 0 Å². The van der Waals surface area contributed by atoms with Crippen LogP contribution in [-0.4, -0.2) is 0 Å². The van der Waals surface area contributed by atoms with Crippen LogP contribution in [0.1, 0.15) is 5.56 Å². The lowest BCUT2D eigenvalue weighted by molar-refractivity contribution is 1.47. The number of fused-ring (bicyclic) bond motifs is 13. The summed E-state index contributed by atoms with van der Waals surface area (Å²) in [7, 11) is 0. The number of hydrogen-bond acceptors (Lipinski definition) is 2. The van der Waals surface area contributed by atoms with Gasteiger partial charge in [0, 0.05) is 56.9 Å². The van der Waals surface area contributed by atoms with Crippen LogP contribution in [0.4, 0.5) is 0 Å². The SMILES string of the molecule is Cc1ccc(-c2c3ccccc3c(-c3cc4cc(-c5c6ccccc6c(-c6ccccc6)c6ccccc56)c5sc6ccccc6c5c4c4c3sc3ccccc34)c3ccccc23)cc1. The van der Waals surface area contributed by atoms with Gasteiger partial charge in [-0.2, -0.15) is 0 Å². The summed E-state index contributed by atoms with van der Waals surface area (Å²) in [5.41, 5.74) is 11.5. The molecular formula is C63H38S2. The molecule has 0 spiro atoms. The Labute approximate surface area is 383 Å². The van der Waals surface area contributed by atoms with E-state index in [1.165, 1.54) is 144 Å². The highest BCUT2D eigenvalue weighted by atomic mass is 32.1. The molecule has 302 valence electrons. The summed E-state index contributed by atoms with van der Waals surface area (Å²) < 4.78 is 5.30. The molecule has 0 aliphatic carbocycles. The molecule has 65 heavy (non-hydrogen) atoms. The van der Waals surface area contributed by atoms with Crippen LogP contribution in [-0.2, 0) is 0 Å². The third kappa shape index (κ3) is 5.36. The average Bonchev–Trinajstić information content (AvgIpc) is 3.95. The third-order valence-electron chi connectivity index (χ3n) is 13.9. The van der Waals surface area contributed by atoms with Crippen molar-refractivity contribution >= 4 is 117 Å². The lowest BCUT2D eigenvalue weighted by Gasteiger charge is -2.20. The van der Waals surface area contributed by atoms with Gasteiger partial charge >= 0.3 is 0 Å². The number of benzene rings is 12. The highest BCUT2D eigenvalue weighted by molar-refractivity contribution is 7.27. The lowest BCUT2D eigenvalue weighted by atomic mass is 9.83. The van der Waals surface area contributed by atoms with Crippen LogP contribution in [0.5, 0.6) is 0 Å². The summed E-state index contributed by atoms with van der Waals surface area (Å²) in [6.07, 6.45) is 0. The van der Waals surface area contributed by atoms with Gasteiger partial charge in [0.05, 0.1) is 0 Å². The molecule has 0 atom stereocenters. The van der Waals surface area contributed by atoms with E-state index in [9.17, 15) is 0 Å². The zero-order chi connectivity index (χ0) is 42.8. The Bertz CT molecular complexity index is 4170. The second-order valence-electron chi connectivity index (χ2n) is 17.5. The Kier molecular flexibility index (Phi) is 8.04. The Morgan fingerprint density at radius 2 is 0.600 bits per heavy atom. The zero-order valence-corrected chi connectivity index (χ0v) is 37.2. The minimum absolute atomic E-state index is 1.24. The molecule has 0 amide bonds. The van der Waals surface area contributed by atoms with Crippen molar-refractivity contribution in [2.45, 2.75) is 6.92 Å². The fourth-order valence-corrected chi connectivity index (χ4v) is 13.6. The maximum absolute atomic E-state index is 2.56. The van der Waals surface area contributed by atoms with Gasteiger partial charge in [0.15, 0.2) is 0 Å². The molecule has 14 rings (SSSR count). The first kappa shape index (κ1) is 36.8. The monoisotopic (exact) mass is 858 g/mol. The maximum atomic E-state index is 2.56. The van der Waals surface area contributed by atoms with Crippen LogP contribution in [0.3, 0.4) is 0 Å². The number of aryl methyl sites for hydroxylation is 1. The molecule has 2 aromatic heterocycles. The molecule has 0 saturated carbocycles. The molecule has 0 unspecified atom stereocenters. The van der Waals surface area contributed by atoms with Crippen molar-refractivity contribution in [1.29, 1.82) is 0 Å². The first-order valence-electron chi connectivity index (χ1n) is 22.4. The molecule has 0 aliphatic heterocycles. The molecule has 12 aromatic carbocycles. The van der Waals surface area contributed by atoms with Crippen molar-refractivity contribution in [2.75, 3.05) is 0 Å². The average molecular weight is 859 g/mol. The standard InChI is InChI=1S/C63H38S2/c1-37-31-33-39(34-32-37)56-43-21-7-11-25-47(43)59(48-26-12-8-22-44(48)56)52-36-40-35-51(58-45-23-9-5-19-41(45)55(38-17-3-2-4-18-38)42-20-6-10-24-46(42)58)62-60(49-27-13-15-29-53(49)64-62)57(40)61-50-28-14-16-30-54(50)65-63(52)61/h2-36H,1H3. The van der Waals surface area contributed by atoms with Crippen molar-refractivity contribution in [2.24, 2.45) is 0 Å². The van der Waals surface area contributed by atoms with Crippen LogP contribution >= 0.6 is 22.7 Å². The van der Waals surface area contributed by atoms with Gasteiger partial charge in [-0.15, -0.1) is 22.7 Å². The molecule has 0 nitrogen and oxygen atoms in total. The van der Waals surface area contributed by atoms with Gasteiger partial charge in [-0.1, -0.05) is 194 Å². The second-order valence-corrected chi connectivity index (χ2v) is 19.6. The van der Waals surface area contributed by atoms with Gasteiger partial charge in [0.2, 0.25) is 0 Å². The molecule has 0 fully saturated rings. The van der Waals surface area contributed by atoms with E-state index < -0.39 is 0 Å². The summed E-state index contributed by atoms with van der Waals surface area (Å²) >= 11 is 3.88. The van der Waals surface area contributed by atoms with Gasteiger partial charge in [-0.05, 0) is 113 Å². The second kappa shape index (κ2) is 14.2. The molecule has 0 N–H and O–H groups in total. The van der Waals surface area contributed by atoms with E-state index in [-0.39, 0.29) is 0 Å². The predicted octanol–water partition coefficient (Wildman–Crippen LogP) is 19.2. The van der Waals surface area contributed by atoms with E-state index in [1.807, 2.05) is 22.7 Å². The van der Waals surface area contributed by atoms with Crippen molar-refractivity contribution in [3.63, 3.8) is 0 Å². The summed E-state index contributed by atoms with van der Waals surface area (Å²) in [6.45, 7) is 2.17. The summed E-state index contributed by atoms with van der Waals surface area (Å²) in [5.74, 6) is 0. The molecule has 0 radical (unpaired) electrons. The van der Waals surface area contributed by atoms with E-state index in [2.05, 4.69) is 219 Å². The van der Waals surface area contributed by atoms with Crippen LogP contribution in [0, 0.1) is 6.92 Å². The first-order valence-corrected chi connectivity index (χ1v) is 24.1. The quantitative estimate of drug-likeness (QED) is 0.155. The van der Waals surface area contributed by atoms with Gasteiger partial charge in [-0.3, -0.25) is 0 Å². The number of hydrogen-bond donors (Lipinski definition) is 0. The topological polar surface area (TPSA) is 0 Å². The minimum atomic E-state index is 1.24. The number of thiophene rings is 2. The largest absolute Gasteiger partial charge is 0.135 e. The Morgan fingerprint density at radius 3 is 1.00 bits per heavy atom. The molecule has 14 aromatic rings. The van der Waals surface area contributed by atoms with Crippen LogP contribution in [0.2, 0.25) is 0 Å². The number of rotatable bonds is 4. The minimum Gasteiger partial charge on any atom is -0.135 e. The van der Waals surface area contributed by atoms with E-state index in [0.29, 0.717) is 0 Å². The first-order chi connectivity index (χ1) is 32.2. The smallest absolute Gasteiger partial charge is 0.0440 e.